The molecule has 4 heterocycles. The molecule has 7 heteroatoms. The number of rotatable bonds is 6. The van der Waals surface area contributed by atoms with Crippen LogP contribution in [0.25, 0.3) is 10.9 Å². The minimum atomic E-state index is -1.05. The van der Waals surface area contributed by atoms with Gasteiger partial charge in [0, 0.05) is 68.5 Å². The number of aromatic carboxylic acids is 1. The van der Waals surface area contributed by atoms with Crippen LogP contribution in [0.1, 0.15) is 76.1 Å². The van der Waals surface area contributed by atoms with Crippen LogP contribution in [0.15, 0.2) is 36.7 Å². The molecule has 0 unspecified atom stereocenters. The Morgan fingerprint density at radius 2 is 1.91 bits per heavy atom. The number of piperidine rings is 1. The number of likely N-dealkylation sites (tertiary alicyclic amines) is 1. The van der Waals surface area contributed by atoms with Crippen molar-refractivity contribution in [3.8, 4) is 0 Å². The lowest BCUT2D eigenvalue weighted by Crippen LogP contribution is -2.50. The smallest absolute Gasteiger partial charge is 0.337 e. The van der Waals surface area contributed by atoms with Gasteiger partial charge in [-0.1, -0.05) is 6.07 Å². The van der Waals surface area contributed by atoms with Crippen molar-refractivity contribution in [1.82, 2.24) is 19.4 Å². The van der Waals surface area contributed by atoms with Crippen LogP contribution in [0.2, 0.25) is 0 Å². The van der Waals surface area contributed by atoms with E-state index in [2.05, 4.69) is 45.8 Å². The standard InChI is InChI=1S/C28H32N4O3/c1-2-31-11-7-22-23(19-3-4-19)13-18(14-26(22)31)17-30-9-5-21(6-10-30)32-12-8-25-24(27(32)33)15-20(16-29-25)28(34)35/h7,11,13-16,19,21H,2-6,8-10,12,17H2,1H3,(H,34,35). The molecular weight excluding hydrogens is 440 g/mol. The lowest BCUT2D eigenvalue weighted by atomic mass is 9.96. The molecule has 0 radical (unpaired) electrons. The van der Waals surface area contributed by atoms with Crippen molar-refractivity contribution in [1.29, 1.82) is 0 Å². The number of benzene rings is 1. The predicted octanol–water partition coefficient (Wildman–Crippen LogP) is 4.29. The van der Waals surface area contributed by atoms with Crippen LogP contribution in [0.3, 0.4) is 0 Å². The number of nitrogens with zero attached hydrogens (tertiary/aromatic N) is 4. The third-order valence-electron chi connectivity index (χ3n) is 8.04. The van der Waals surface area contributed by atoms with Gasteiger partial charge in [-0.05, 0) is 67.9 Å². The first-order valence-electron chi connectivity index (χ1n) is 12.9. The van der Waals surface area contributed by atoms with E-state index in [1.165, 1.54) is 47.1 Å². The number of carboxylic acids is 1. The Labute approximate surface area is 205 Å². The molecule has 0 atom stereocenters. The van der Waals surface area contributed by atoms with E-state index < -0.39 is 5.97 Å². The van der Waals surface area contributed by atoms with E-state index in [4.69, 9.17) is 0 Å². The van der Waals surface area contributed by atoms with Crippen molar-refractivity contribution in [2.75, 3.05) is 19.6 Å². The summed E-state index contributed by atoms with van der Waals surface area (Å²) in [7, 11) is 0. The third-order valence-corrected chi connectivity index (χ3v) is 8.04. The first-order valence-corrected chi connectivity index (χ1v) is 12.9. The molecule has 1 saturated carbocycles. The van der Waals surface area contributed by atoms with Crippen molar-refractivity contribution >= 4 is 22.8 Å². The Bertz CT molecular complexity index is 1300. The maximum absolute atomic E-state index is 13.2. The number of pyridine rings is 1. The largest absolute Gasteiger partial charge is 0.478 e. The third kappa shape index (κ3) is 4.12. The zero-order valence-electron chi connectivity index (χ0n) is 20.2. The van der Waals surface area contributed by atoms with Gasteiger partial charge in [0.15, 0.2) is 0 Å². The summed E-state index contributed by atoms with van der Waals surface area (Å²) in [5, 5.41) is 10.7. The van der Waals surface area contributed by atoms with E-state index in [9.17, 15) is 14.7 Å². The van der Waals surface area contributed by atoms with Crippen molar-refractivity contribution in [3.05, 3.63) is 64.6 Å². The summed E-state index contributed by atoms with van der Waals surface area (Å²) in [5.41, 5.74) is 5.51. The fourth-order valence-electron chi connectivity index (χ4n) is 5.96. The summed E-state index contributed by atoms with van der Waals surface area (Å²) in [4.78, 5) is 33.3. The Morgan fingerprint density at radius 1 is 1.11 bits per heavy atom. The maximum atomic E-state index is 13.2. The SMILES string of the molecule is CCn1ccc2c(C3CC3)cc(CN3CCC(N4CCc5ncc(C(=O)O)cc5C4=O)CC3)cc21. The highest BCUT2D eigenvalue weighted by molar-refractivity contribution is 5.99. The van der Waals surface area contributed by atoms with Gasteiger partial charge in [0.05, 0.1) is 16.8 Å². The van der Waals surface area contributed by atoms with E-state index >= 15 is 0 Å². The van der Waals surface area contributed by atoms with Gasteiger partial charge in [-0.2, -0.15) is 0 Å². The first kappa shape index (κ1) is 22.3. The second kappa shape index (κ2) is 8.79. The van der Waals surface area contributed by atoms with Crippen LogP contribution in [0.5, 0.6) is 0 Å². The zero-order chi connectivity index (χ0) is 24.1. The maximum Gasteiger partial charge on any atom is 0.337 e. The summed E-state index contributed by atoms with van der Waals surface area (Å²) >= 11 is 0. The van der Waals surface area contributed by atoms with Gasteiger partial charge in [0.2, 0.25) is 0 Å². The lowest BCUT2D eigenvalue weighted by Gasteiger charge is -2.40. The average molecular weight is 473 g/mol. The lowest BCUT2D eigenvalue weighted by molar-refractivity contribution is 0.0543. The summed E-state index contributed by atoms with van der Waals surface area (Å²) < 4.78 is 2.35. The second-order valence-corrected chi connectivity index (χ2v) is 10.3. The summed E-state index contributed by atoms with van der Waals surface area (Å²) in [6, 6.07) is 8.78. The average Bonchev–Trinajstić information content (AvgIpc) is 3.63. The van der Waals surface area contributed by atoms with Crippen LogP contribution >= 0.6 is 0 Å². The molecule has 0 bridgehead atoms. The molecule has 0 spiro atoms. The molecule has 2 aliphatic heterocycles. The van der Waals surface area contributed by atoms with E-state index in [-0.39, 0.29) is 17.5 Å². The van der Waals surface area contributed by atoms with Crippen LogP contribution in [0, 0.1) is 0 Å². The fraction of sp³-hybridized carbons (Fsp3) is 0.464. The second-order valence-electron chi connectivity index (χ2n) is 10.3. The molecule has 1 aliphatic carbocycles. The quantitative estimate of drug-likeness (QED) is 0.579. The minimum absolute atomic E-state index is 0.0693. The molecule has 35 heavy (non-hydrogen) atoms. The molecule has 3 aromatic rings. The minimum Gasteiger partial charge on any atom is -0.478 e. The van der Waals surface area contributed by atoms with Crippen molar-refractivity contribution < 1.29 is 14.7 Å². The Morgan fingerprint density at radius 3 is 2.63 bits per heavy atom. The first-order chi connectivity index (χ1) is 17.0. The van der Waals surface area contributed by atoms with Crippen molar-refractivity contribution in [2.45, 2.75) is 64.1 Å². The van der Waals surface area contributed by atoms with Gasteiger partial charge >= 0.3 is 5.97 Å². The van der Waals surface area contributed by atoms with Crippen LogP contribution in [0.4, 0.5) is 0 Å². The molecule has 3 aliphatic rings. The molecule has 7 nitrogen and oxygen atoms in total. The van der Waals surface area contributed by atoms with Gasteiger partial charge < -0.3 is 14.6 Å². The topological polar surface area (TPSA) is 78.7 Å². The number of hydrogen-bond donors (Lipinski definition) is 1. The highest BCUT2D eigenvalue weighted by Crippen LogP contribution is 2.44. The van der Waals surface area contributed by atoms with Crippen LogP contribution in [-0.2, 0) is 19.5 Å². The zero-order valence-corrected chi connectivity index (χ0v) is 20.2. The Kier molecular flexibility index (Phi) is 5.60. The molecule has 6 rings (SSSR count). The number of carbonyl (C=O) groups is 2. The molecule has 2 aromatic heterocycles. The Balaban J connectivity index is 1.14. The number of aromatic nitrogens is 2. The summed E-state index contributed by atoms with van der Waals surface area (Å²) in [5.74, 6) is -0.395. The van der Waals surface area contributed by atoms with Gasteiger partial charge in [-0.25, -0.2) is 4.79 Å². The normalized spacial score (nSPS) is 19.3. The predicted molar refractivity (Wildman–Crippen MR) is 134 cm³/mol. The fourth-order valence-corrected chi connectivity index (χ4v) is 5.96. The van der Waals surface area contributed by atoms with E-state index in [0.29, 0.717) is 24.2 Å². The highest BCUT2D eigenvalue weighted by atomic mass is 16.4. The summed E-state index contributed by atoms with van der Waals surface area (Å²) in [6.45, 7) is 6.71. The van der Waals surface area contributed by atoms with Crippen molar-refractivity contribution in [2.24, 2.45) is 0 Å². The van der Waals surface area contributed by atoms with Crippen LogP contribution in [-0.4, -0.2) is 62.0 Å². The number of fused-ring (bicyclic) bond motifs is 2. The number of hydrogen-bond acceptors (Lipinski definition) is 4. The molecule has 1 N–H and O–H groups in total. The molecule has 182 valence electrons. The molecule has 1 amide bonds. The molecule has 1 aromatic carbocycles. The van der Waals surface area contributed by atoms with Crippen LogP contribution < -0.4 is 0 Å². The number of carboxylic acid groups (broad SMARTS) is 1. The van der Waals surface area contributed by atoms with E-state index in [0.717, 1.165) is 44.9 Å². The number of amides is 1. The number of aryl methyl sites for hydroxylation is 1. The van der Waals surface area contributed by atoms with Gasteiger partial charge in [-0.3, -0.25) is 14.7 Å². The monoisotopic (exact) mass is 472 g/mol. The van der Waals surface area contributed by atoms with Crippen molar-refractivity contribution in [3.63, 3.8) is 0 Å². The van der Waals surface area contributed by atoms with E-state index in [1.807, 2.05) is 4.90 Å². The molecule has 2 fully saturated rings. The van der Waals surface area contributed by atoms with Gasteiger partial charge in [0.25, 0.3) is 5.91 Å². The van der Waals surface area contributed by atoms with Gasteiger partial charge in [-0.15, -0.1) is 0 Å². The Hall–Kier alpha value is -3.19. The summed E-state index contributed by atoms with van der Waals surface area (Å²) in [6.07, 6.45) is 8.74. The molecule has 1 saturated heterocycles. The molecular formula is C28H32N4O3. The number of carbonyl (C=O) groups excluding carboxylic acids is 1. The van der Waals surface area contributed by atoms with Gasteiger partial charge in [0.1, 0.15) is 0 Å². The highest BCUT2D eigenvalue weighted by Gasteiger charge is 2.33. The van der Waals surface area contributed by atoms with E-state index in [1.54, 1.807) is 0 Å².